The molecule has 1 aromatic heterocycles. The SMILES string of the molecule is CCNC(=NCCNC(=O)c1ccc(C)c(F)c1)N1CCC(C)C(n2ccnc2)C1.I. The van der Waals surface area contributed by atoms with E-state index in [-0.39, 0.29) is 35.7 Å². The number of guanidine groups is 1. The Kier molecular flexibility index (Phi) is 9.73. The van der Waals surface area contributed by atoms with E-state index in [4.69, 9.17) is 4.99 Å². The van der Waals surface area contributed by atoms with Gasteiger partial charge in [-0.3, -0.25) is 9.79 Å². The number of hydrogen-bond acceptors (Lipinski definition) is 3. The lowest BCUT2D eigenvalue weighted by Crippen LogP contribution is -2.49. The number of benzene rings is 1. The molecule has 2 heterocycles. The maximum Gasteiger partial charge on any atom is 0.251 e. The number of aryl methyl sites for hydroxylation is 1. The minimum absolute atomic E-state index is 0. The molecule has 170 valence electrons. The topological polar surface area (TPSA) is 74.6 Å². The van der Waals surface area contributed by atoms with Gasteiger partial charge in [0, 0.05) is 44.1 Å². The number of imidazole rings is 1. The summed E-state index contributed by atoms with van der Waals surface area (Å²) in [5.74, 6) is 0.751. The predicted octanol–water partition coefficient (Wildman–Crippen LogP) is 3.23. The summed E-state index contributed by atoms with van der Waals surface area (Å²) in [6.07, 6.45) is 6.77. The number of nitrogens with zero attached hydrogens (tertiary/aromatic N) is 4. The van der Waals surface area contributed by atoms with Crippen LogP contribution in [0, 0.1) is 18.7 Å². The average molecular weight is 542 g/mol. The highest BCUT2D eigenvalue weighted by atomic mass is 127. The number of piperidine rings is 1. The Hall–Kier alpha value is -2.17. The lowest BCUT2D eigenvalue weighted by Gasteiger charge is -2.39. The zero-order chi connectivity index (χ0) is 21.5. The van der Waals surface area contributed by atoms with Gasteiger partial charge in [0.15, 0.2) is 5.96 Å². The van der Waals surface area contributed by atoms with Crippen molar-refractivity contribution < 1.29 is 9.18 Å². The molecule has 1 saturated heterocycles. The molecule has 0 spiro atoms. The van der Waals surface area contributed by atoms with Crippen molar-refractivity contribution in [3.8, 4) is 0 Å². The highest BCUT2D eigenvalue weighted by Crippen LogP contribution is 2.27. The molecule has 0 saturated carbocycles. The number of amides is 1. The van der Waals surface area contributed by atoms with Gasteiger partial charge in [0.2, 0.25) is 0 Å². The van der Waals surface area contributed by atoms with Crippen LogP contribution < -0.4 is 10.6 Å². The Balaban J connectivity index is 0.00000341. The first-order valence-electron chi connectivity index (χ1n) is 10.5. The molecular weight excluding hydrogens is 510 g/mol. The molecule has 0 aliphatic carbocycles. The number of carbonyl (C=O) groups is 1. The van der Waals surface area contributed by atoms with Crippen LogP contribution in [0.3, 0.4) is 0 Å². The van der Waals surface area contributed by atoms with Gasteiger partial charge in [-0.2, -0.15) is 0 Å². The van der Waals surface area contributed by atoms with Crippen LogP contribution in [0.5, 0.6) is 0 Å². The van der Waals surface area contributed by atoms with Crippen molar-refractivity contribution in [3.05, 3.63) is 53.9 Å². The van der Waals surface area contributed by atoms with Crippen LogP contribution in [-0.2, 0) is 0 Å². The van der Waals surface area contributed by atoms with Crippen LogP contribution >= 0.6 is 24.0 Å². The minimum Gasteiger partial charge on any atom is -0.357 e. The van der Waals surface area contributed by atoms with Gasteiger partial charge in [-0.15, -0.1) is 24.0 Å². The molecule has 0 bridgehead atoms. The molecule has 1 aliphatic rings. The van der Waals surface area contributed by atoms with E-state index in [2.05, 4.69) is 32.0 Å². The fraction of sp³-hybridized carbons (Fsp3) is 0.500. The van der Waals surface area contributed by atoms with Gasteiger partial charge < -0.3 is 20.1 Å². The van der Waals surface area contributed by atoms with Gasteiger partial charge in [0.05, 0.1) is 18.9 Å². The van der Waals surface area contributed by atoms with Crippen molar-refractivity contribution in [1.29, 1.82) is 0 Å². The summed E-state index contributed by atoms with van der Waals surface area (Å²) in [5.41, 5.74) is 0.846. The molecule has 1 aromatic carbocycles. The fourth-order valence-corrected chi connectivity index (χ4v) is 3.69. The molecule has 2 aromatic rings. The number of likely N-dealkylation sites (tertiary alicyclic amines) is 1. The number of nitrogens with one attached hydrogen (secondary N) is 2. The van der Waals surface area contributed by atoms with Crippen molar-refractivity contribution in [3.63, 3.8) is 0 Å². The highest BCUT2D eigenvalue weighted by Gasteiger charge is 2.28. The van der Waals surface area contributed by atoms with E-state index < -0.39 is 0 Å². The largest absolute Gasteiger partial charge is 0.357 e. The Labute approximate surface area is 200 Å². The number of aromatic nitrogens is 2. The third-order valence-corrected chi connectivity index (χ3v) is 5.55. The molecule has 1 aliphatic heterocycles. The van der Waals surface area contributed by atoms with E-state index >= 15 is 0 Å². The van der Waals surface area contributed by atoms with Gasteiger partial charge in [-0.05, 0) is 43.9 Å². The number of rotatable bonds is 6. The van der Waals surface area contributed by atoms with E-state index in [0.717, 1.165) is 32.0 Å². The Morgan fingerprint density at radius 2 is 2.16 bits per heavy atom. The van der Waals surface area contributed by atoms with Gasteiger partial charge >= 0.3 is 0 Å². The quantitative estimate of drug-likeness (QED) is 0.255. The Morgan fingerprint density at radius 3 is 2.84 bits per heavy atom. The summed E-state index contributed by atoms with van der Waals surface area (Å²) in [7, 11) is 0. The zero-order valence-electron chi connectivity index (χ0n) is 18.3. The van der Waals surface area contributed by atoms with Crippen molar-refractivity contribution in [2.24, 2.45) is 10.9 Å². The van der Waals surface area contributed by atoms with Crippen LogP contribution in [0.2, 0.25) is 0 Å². The number of carbonyl (C=O) groups excluding carboxylic acids is 1. The summed E-state index contributed by atoms with van der Waals surface area (Å²) in [4.78, 5) is 23.4. The summed E-state index contributed by atoms with van der Waals surface area (Å²) < 4.78 is 15.8. The second-order valence-electron chi connectivity index (χ2n) is 7.74. The van der Waals surface area contributed by atoms with Crippen LogP contribution in [-0.4, -0.2) is 59.0 Å². The second kappa shape index (κ2) is 12.0. The van der Waals surface area contributed by atoms with Gasteiger partial charge in [-0.25, -0.2) is 9.37 Å². The third-order valence-electron chi connectivity index (χ3n) is 5.55. The molecule has 0 radical (unpaired) electrons. The second-order valence-corrected chi connectivity index (χ2v) is 7.74. The Morgan fingerprint density at radius 1 is 1.35 bits per heavy atom. The van der Waals surface area contributed by atoms with Crippen LogP contribution in [0.25, 0.3) is 0 Å². The van der Waals surface area contributed by atoms with Gasteiger partial charge in [-0.1, -0.05) is 13.0 Å². The van der Waals surface area contributed by atoms with E-state index in [0.29, 0.717) is 36.2 Å². The highest BCUT2D eigenvalue weighted by molar-refractivity contribution is 14.0. The zero-order valence-corrected chi connectivity index (χ0v) is 20.7. The van der Waals surface area contributed by atoms with E-state index in [1.807, 2.05) is 25.6 Å². The summed E-state index contributed by atoms with van der Waals surface area (Å²) in [5, 5.41) is 6.17. The minimum atomic E-state index is -0.373. The maximum absolute atomic E-state index is 13.7. The van der Waals surface area contributed by atoms with Crippen LogP contribution in [0.15, 0.2) is 41.9 Å². The van der Waals surface area contributed by atoms with Crippen LogP contribution in [0.1, 0.15) is 42.2 Å². The Bertz CT molecular complexity index is 873. The molecule has 2 atom stereocenters. The van der Waals surface area contributed by atoms with E-state index in [1.54, 1.807) is 19.1 Å². The summed E-state index contributed by atoms with van der Waals surface area (Å²) in [6, 6.07) is 4.86. The van der Waals surface area contributed by atoms with E-state index in [1.165, 1.54) is 6.07 Å². The predicted molar refractivity (Wildman–Crippen MR) is 131 cm³/mol. The maximum atomic E-state index is 13.7. The van der Waals surface area contributed by atoms with Crippen molar-refractivity contribution in [2.75, 3.05) is 32.7 Å². The first-order chi connectivity index (χ1) is 14.5. The van der Waals surface area contributed by atoms with Crippen LogP contribution in [0.4, 0.5) is 4.39 Å². The van der Waals surface area contributed by atoms with Gasteiger partial charge in [0.1, 0.15) is 5.82 Å². The summed E-state index contributed by atoms with van der Waals surface area (Å²) >= 11 is 0. The van der Waals surface area contributed by atoms with Crippen molar-refractivity contribution >= 4 is 35.8 Å². The number of hydrogen-bond donors (Lipinski definition) is 2. The number of aliphatic imine (C=N–C) groups is 1. The van der Waals surface area contributed by atoms with E-state index in [9.17, 15) is 9.18 Å². The molecular formula is C22H32FIN6O. The lowest BCUT2D eigenvalue weighted by molar-refractivity contribution is 0.0954. The molecule has 7 nitrogen and oxygen atoms in total. The fourth-order valence-electron chi connectivity index (χ4n) is 3.69. The monoisotopic (exact) mass is 542 g/mol. The van der Waals surface area contributed by atoms with Gasteiger partial charge in [0.25, 0.3) is 5.91 Å². The number of halogens is 2. The first kappa shape index (κ1) is 25.1. The third kappa shape index (κ3) is 6.65. The average Bonchev–Trinajstić information content (AvgIpc) is 3.27. The first-order valence-corrected chi connectivity index (χ1v) is 10.5. The molecule has 1 fully saturated rings. The van der Waals surface area contributed by atoms with Crippen molar-refractivity contribution in [2.45, 2.75) is 33.2 Å². The molecule has 2 unspecified atom stereocenters. The molecule has 1 amide bonds. The normalized spacial score (nSPS) is 19.0. The molecule has 2 N–H and O–H groups in total. The summed E-state index contributed by atoms with van der Waals surface area (Å²) in [6.45, 7) is 9.40. The standard InChI is InChI=1S/C22H31FN6O.HI/c1-4-25-22(28-11-7-17(3)20(14-28)29-12-10-24-15-29)27-9-8-26-21(30)18-6-5-16(2)19(23)13-18;/h5-6,10,12-13,15,17,20H,4,7-9,11,14H2,1-3H3,(H,25,27)(H,26,30);1H. The lowest BCUT2D eigenvalue weighted by atomic mass is 9.93. The molecule has 9 heteroatoms. The molecule has 31 heavy (non-hydrogen) atoms. The smallest absolute Gasteiger partial charge is 0.251 e. The van der Waals surface area contributed by atoms with Crippen molar-refractivity contribution in [1.82, 2.24) is 25.1 Å². The molecule has 3 rings (SSSR count).